The van der Waals surface area contributed by atoms with Crippen LogP contribution in [0.15, 0.2) is 53.4 Å². The van der Waals surface area contributed by atoms with Gasteiger partial charge in [0, 0.05) is 41.9 Å². The molecule has 0 spiro atoms. The Hall–Kier alpha value is -2.13. The van der Waals surface area contributed by atoms with Gasteiger partial charge >= 0.3 is 0 Å². The van der Waals surface area contributed by atoms with Gasteiger partial charge < -0.3 is 10.1 Å². The van der Waals surface area contributed by atoms with Crippen LogP contribution in [0.1, 0.15) is 30.6 Å². The van der Waals surface area contributed by atoms with Crippen LogP contribution in [-0.4, -0.2) is 58.1 Å². The fourth-order valence-corrected chi connectivity index (χ4v) is 4.86. The lowest BCUT2D eigenvalue weighted by atomic mass is 10.0. The number of ether oxygens (including phenoxy) is 1. The first kappa shape index (κ1) is 24.5. The van der Waals surface area contributed by atoms with Crippen LogP contribution in [-0.2, 0) is 14.8 Å². The van der Waals surface area contributed by atoms with E-state index in [9.17, 15) is 13.2 Å². The Labute approximate surface area is 195 Å². The van der Waals surface area contributed by atoms with E-state index in [1.54, 1.807) is 24.3 Å². The van der Waals surface area contributed by atoms with E-state index in [1.807, 2.05) is 0 Å². The van der Waals surface area contributed by atoms with Gasteiger partial charge in [-0.3, -0.25) is 14.4 Å². The molecular weight excluding hydrogens is 450 g/mol. The van der Waals surface area contributed by atoms with Crippen molar-refractivity contribution in [1.29, 1.82) is 0 Å². The molecular formula is C23H30ClN3O4S. The summed E-state index contributed by atoms with van der Waals surface area (Å²) >= 11 is 5.84. The molecule has 0 unspecified atom stereocenters. The summed E-state index contributed by atoms with van der Waals surface area (Å²) in [5.74, 6) is 0.291. The van der Waals surface area contributed by atoms with Gasteiger partial charge in [-0.2, -0.15) is 0 Å². The van der Waals surface area contributed by atoms with Crippen LogP contribution in [0.25, 0.3) is 0 Å². The van der Waals surface area contributed by atoms with E-state index in [-0.39, 0.29) is 16.8 Å². The zero-order valence-corrected chi connectivity index (χ0v) is 20.0. The van der Waals surface area contributed by atoms with E-state index in [0.29, 0.717) is 41.9 Å². The molecule has 0 bridgehead atoms. The number of rotatable bonds is 9. The number of nitrogens with one attached hydrogen (secondary N) is 2. The number of halogens is 1. The normalized spacial score (nSPS) is 16.0. The molecule has 32 heavy (non-hydrogen) atoms. The average molecular weight is 480 g/mol. The first-order valence-electron chi connectivity index (χ1n) is 10.7. The van der Waals surface area contributed by atoms with Crippen molar-refractivity contribution in [3.8, 4) is 0 Å². The van der Waals surface area contributed by atoms with Crippen LogP contribution in [0.3, 0.4) is 0 Å². The van der Waals surface area contributed by atoms with Crippen molar-refractivity contribution >= 4 is 33.2 Å². The number of hydrogen-bond acceptors (Lipinski definition) is 5. The Kier molecular flexibility index (Phi) is 8.53. The highest BCUT2D eigenvalue weighted by Crippen LogP contribution is 2.19. The van der Waals surface area contributed by atoms with Crippen molar-refractivity contribution in [2.24, 2.45) is 5.92 Å². The van der Waals surface area contributed by atoms with E-state index in [0.717, 1.165) is 19.5 Å². The number of anilines is 1. The Morgan fingerprint density at radius 1 is 1.06 bits per heavy atom. The molecule has 1 fully saturated rings. The maximum Gasteiger partial charge on any atom is 0.261 e. The summed E-state index contributed by atoms with van der Waals surface area (Å²) < 4.78 is 33.1. The highest BCUT2D eigenvalue weighted by Gasteiger charge is 2.23. The maximum atomic E-state index is 12.7. The molecule has 3 rings (SSSR count). The second-order valence-electron chi connectivity index (χ2n) is 8.28. The zero-order chi connectivity index (χ0) is 23.1. The van der Waals surface area contributed by atoms with E-state index < -0.39 is 10.0 Å². The summed E-state index contributed by atoms with van der Waals surface area (Å²) in [6.07, 6.45) is 0.980. The van der Waals surface area contributed by atoms with Crippen molar-refractivity contribution in [3.63, 3.8) is 0 Å². The lowest BCUT2D eigenvalue weighted by Crippen LogP contribution is -2.49. The Balaban J connectivity index is 1.61. The number of sulfonamides is 1. The third-order valence-corrected chi connectivity index (χ3v) is 6.98. The molecule has 0 radical (unpaired) electrons. The van der Waals surface area contributed by atoms with Crippen LogP contribution in [0.5, 0.6) is 0 Å². The molecule has 1 saturated heterocycles. The number of morpholine rings is 1. The summed E-state index contributed by atoms with van der Waals surface area (Å²) in [5, 5.41) is 3.53. The number of carbonyl (C=O) groups excluding carboxylic acids is 1. The number of carbonyl (C=O) groups is 1. The predicted octanol–water partition coefficient (Wildman–Crippen LogP) is 3.62. The first-order chi connectivity index (χ1) is 15.2. The number of amides is 1. The van der Waals surface area contributed by atoms with Crippen molar-refractivity contribution in [2.45, 2.75) is 31.2 Å². The fraction of sp³-hybridized carbons (Fsp3) is 0.435. The van der Waals surface area contributed by atoms with Gasteiger partial charge in [-0.1, -0.05) is 25.4 Å². The topological polar surface area (TPSA) is 87.7 Å². The first-order valence-corrected chi connectivity index (χ1v) is 12.6. The monoisotopic (exact) mass is 479 g/mol. The average Bonchev–Trinajstić information content (AvgIpc) is 2.78. The molecule has 1 aliphatic heterocycles. The highest BCUT2D eigenvalue weighted by atomic mass is 35.5. The minimum absolute atomic E-state index is 0.0787. The Morgan fingerprint density at radius 2 is 1.69 bits per heavy atom. The maximum absolute atomic E-state index is 12.7. The molecule has 1 aliphatic rings. The van der Waals surface area contributed by atoms with Crippen molar-refractivity contribution < 1.29 is 17.9 Å². The van der Waals surface area contributed by atoms with E-state index >= 15 is 0 Å². The number of nitrogens with zero attached hydrogens (tertiary/aromatic N) is 1. The molecule has 174 valence electrons. The minimum Gasteiger partial charge on any atom is -0.379 e. The summed E-state index contributed by atoms with van der Waals surface area (Å²) in [4.78, 5) is 15.1. The van der Waals surface area contributed by atoms with Gasteiger partial charge in [0.2, 0.25) is 0 Å². The Bertz CT molecular complexity index is 989. The SMILES string of the molecule is CC(C)C[C@H](CNC(=O)c1ccc(S(=O)(=O)Nc2ccc(Cl)cc2)cc1)N1CCOCC1. The standard InChI is InChI=1S/C23H30ClN3O4S/c1-17(2)15-21(27-11-13-31-14-12-27)16-25-23(28)18-3-9-22(10-4-18)32(29,30)26-20-7-5-19(24)6-8-20/h3-10,17,21,26H,11-16H2,1-2H3,(H,25,28)/t21-/m1/s1. The second-order valence-corrected chi connectivity index (χ2v) is 10.4. The summed E-state index contributed by atoms with van der Waals surface area (Å²) in [7, 11) is -3.77. The largest absolute Gasteiger partial charge is 0.379 e. The van der Waals surface area contributed by atoms with Gasteiger partial charge in [0.05, 0.1) is 18.1 Å². The van der Waals surface area contributed by atoms with Crippen molar-refractivity contribution in [2.75, 3.05) is 37.6 Å². The molecule has 2 aromatic rings. The van der Waals surface area contributed by atoms with Crippen LogP contribution in [0.2, 0.25) is 5.02 Å². The van der Waals surface area contributed by atoms with Gasteiger partial charge in [0.25, 0.3) is 15.9 Å². The number of hydrogen-bond donors (Lipinski definition) is 2. The molecule has 0 aromatic heterocycles. The van der Waals surface area contributed by atoms with Gasteiger partial charge in [0.1, 0.15) is 0 Å². The van der Waals surface area contributed by atoms with Gasteiger partial charge in [-0.05, 0) is 60.9 Å². The minimum atomic E-state index is -3.77. The molecule has 2 aromatic carbocycles. The quantitative estimate of drug-likeness (QED) is 0.573. The predicted molar refractivity (Wildman–Crippen MR) is 127 cm³/mol. The lowest BCUT2D eigenvalue weighted by molar-refractivity contribution is 0.0124. The Morgan fingerprint density at radius 3 is 2.28 bits per heavy atom. The van der Waals surface area contributed by atoms with E-state index in [2.05, 4.69) is 28.8 Å². The van der Waals surface area contributed by atoms with Crippen LogP contribution in [0, 0.1) is 5.92 Å². The summed E-state index contributed by atoms with van der Waals surface area (Å²) in [6, 6.07) is 12.5. The van der Waals surface area contributed by atoms with Gasteiger partial charge in [-0.25, -0.2) is 8.42 Å². The second kappa shape index (κ2) is 11.1. The molecule has 0 aliphatic carbocycles. The molecule has 1 amide bonds. The smallest absolute Gasteiger partial charge is 0.261 e. The van der Waals surface area contributed by atoms with E-state index in [4.69, 9.17) is 16.3 Å². The number of benzene rings is 2. The van der Waals surface area contributed by atoms with Gasteiger partial charge in [0.15, 0.2) is 0 Å². The van der Waals surface area contributed by atoms with Crippen molar-refractivity contribution in [3.05, 3.63) is 59.1 Å². The highest BCUT2D eigenvalue weighted by molar-refractivity contribution is 7.92. The molecule has 1 atom stereocenters. The van der Waals surface area contributed by atoms with Crippen molar-refractivity contribution in [1.82, 2.24) is 10.2 Å². The van der Waals surface area contributed by atoms with Crippen LogP contribution < -0.4 is 10.0 Å². The third kappa shape index (κ3) is 6.93. The summed E-state index contributed by atoms with van der Waals surface area (Å²) in [6.45, 7) is 8.03. The molecule has 1 heterocycles. The lowest BCUT2D eigenvalue weighted by Gasteiger charge is -2.35. The molecule has 0 saturated carbocycles. The molecule has 7 nitrogen and oxygen atoms in total. The molecule has 9 heteroatoms. The summed E-state index contributed by atoms with van der Waals surface area (Å²) in [5.41, 5.74) is 0.830. The van der Waals surface area contributed by atoms with Gasteiger partial charge in [-0.15, -0.1) is 0 Å². The zero-order valence-electron chi connectivity index (χ0n) is 18.4. The third-order valence-electron chi connectivity index (χ3n) is 5.33. The van der Waals surface area contributed by atoms with Crippen LogP contribution >= 0.6 is 11.6 Å². The van der Waals surface area contributed by atoms with E-state index in [1.165, 1.54) is 24.3 Å². The fourth-order valence-electron chi connectivity index (χ4n) is 3.68. The van der Waals surface area contributed by atoms with Crippen LogP contribution in [0.4, 0.5) is 5.69 Å². The molecule has 2 N–H and O–H groups in total.